The topological polar surface area (TPSA) is 127 Å². The molecule has 0 aliphatic carbocycles. The van der Waals surface area contributed by atoms with Gasteiger partial charge in [0.05, 0.1) is 23.0 Å². The molecule has 0 bridgehead atoms. The second-order valence-corrected chi connectivity index (χ2v) is 6.13. The summed E-state index contributed by atoms with van der Waals surface area (Å²) in [5.41, 5.74) is 4.06. The first kappa shape index (κ1) is 15.9. The van der Waals surface area contributed by atoms with E-state index in [0.717, 1.165) is 27.7 Å². The number of hydrogen-bond acceptors (Lipinski definition) is 5. The minimum atomic E-state index is -0.308. The van der Waals surface area contributed by atoms with E-state index in [9.17, 15) is 4.79 Å². The lowest BCUT2D eigenvalue weighted by Gasteiger charge is -2.05. The first-order chi connectivity index (χ1) is 13.8. The zero-order chi connectivity index (χ0) is 18.9. The lowest BCUT2D eigenvalue weighted by molar-refractivity contribution is -0.444. The van der Waals surface area contributed by atoms with Crippen LogP contribution in [0.5, 0.6) is 0 Å². The van der Waals surface area contributed by atoms with Crippen molar-refractivity contribution < 1.29 is 14.3 Å². The summed E-state index contributed by atoms with van der Waals surface area (Å²) in [5, 5.41) is 24.4. The molecule has 9 nitrogen and oxygen atoms in total. The van der Waals surface area contributed by atoms with Crippen LogP contribution < -0.4 is 10.4 Å². The fraction of sp³-hybridized carbons (Fsp3) is 0. The van der Waals surface area contributed by atoms with E-state index in [2.05, 4.69) is 36.1 Å². The number of hydrogen-bond donors (Lipinski definition) is 3. The van der Waals surface area contributed by atoms with E-state index in [4.69, 9.17) is 4.42 Å². The van der Waals surface area contributed by atoms with Crippen molar-refractivity contribution in [2.45, 2.75) is 0 Å². The van der Waals surface area contributed by atoms with Crippen molar-refractivity contribution in [1.82, 2.24) is 25.7 Å². The van der Waals surface area contributed by atoms with Gasteiger partial charge in [0.2, 0.25) is 0 Å². The highest BCUT2D eigenvalue weighted by atomic mass is 16.3. The molecule has 3 aromatic heterocycles. The van der Waals surface area contributed by atoms with Crippen LogP contribution in [0.2, 0.25) is 0 Å². The van der Waals surface area contributed by atoms with Gasteiger partial charge in [-0.2, -0.15) is 10.2 Å². The van der Waals surface area contributed by atoms with Gasteiger partial charge in [-0.25, -0.2) is 0 Å². The average molecular weight is 372 g/mol. The number of benzene rings is 2. The molecule has 0 unspecified atom stereocenters. The molecule has 0 spiro atoms. The fourth-order valence-electron chi connectivity index (χ4n) is 3.03. The van der Waals surface area contributed by atoms with Gasteiger partial charge >= 0.3 is 5.82 Å². The van der Waals surface area contributed by atoms with Crippen LogP contribution in [0.1, 0.15) is 10.6 Å². The molecule has 0 radical (unpaired) electrons. The SMILES string of the molecule is O=C(Nc1cccc(-c2n[nH]c3ccc(-c4nn[nH][nH+]4)cc23)c1)c1ccco1. The van der Waals surface area contributed by atoms with Crippen LogP contribution in [0, 0.1) is 0 Å². The van der Waals surface area contributed by atoms with E-state index < -0.39 is 0 Å². The van der Waals surface area contributed by atoms with Crippen LogP contribution in [0.25, 0.3) is 33.5 Å². The standard InChI is InChI=1S/C19H13N7O2/c27-19(16-5-2-8-28-16)20-13-4-1-3-11(9-13)17-14-10-12(18-23-25-26-24-18)6-7-15(14)21-22-17/h1-10H,(H,20,27)(H,21,22)(H,23,24,25,26)/p+1. The Morgan fingerprint density at radius 1 is 1.07 bits per heavy atom. The van der Waals surface area contributed by atoms with Crippen molar-refractivity contribution >= 4 is 22.5 Å². The Hall–Kier alpha value is -4.27. The first-order valence-corrected chi connectivity index (χ1v) is 8.50. The number of H-pyrrole nitrogens is 3. The van der Waals surface area contributed by atoms with Gasteiger partial charge in [0.15, 0.2) is 11.0 Å². The Bertz CT molecular complexity index is 1260. The largest absolute Gasteiger partial charge is 0.459 e. The number of furan rings is 1. The monoisotopic (exact) mass is 372 g/mol. The number of anilines is 1. The summed E-state index contributed by atoms with van der Waals surface area (Å²) in [6.45, 7) is 0. The van der Waals surface area contributed by atoms with Crippen molar-refractivity contribution in [1.29, 1.82) is 0 Å². The van der Waals surface area contributed by atoms with Crippen LogP contribution in [-0.2, 0) is 0 Å². The molecule has 5 rings (SSSR count). The third-order valence-electron chi connectivity index (χ3n) is 4.35. The lowest BCUT2D eigenvalue weighted by Crippen LogP contribution is -2.10. The molecule has 4 N–H and O–H groups in total. The van der Waals surface area contributed by atoms with Crippen LogP contribution in [0.15, 0.2) is 65.3 Å². The Balaban J connectivity index is 1.51. The highest BCUT2D eigenvalue weighted by molar-refractivity contribution is 6.03. The van der Waals surface area contributed by atoms with Gasteiger partial charge in [-0.05, 0) is 42.5 Å². The number of nitrogens with one attached hydrogen (secondary N) is 4. The molecule has 0 saturated heterocycles. The van der Waals surface area contributed by atoms with Crippen molar-refractivity contribution in [3.63, 3.8) is 0 Å². The van der Waals surface area contributed by atoms with Crippen LogP contribution in [-0.4, -0.2) is 31.6 Å². The fourth-order valence-corrected chi connectivity index (χ4v) is 3.03. The van der Waals surface area contributed by atoms with Gasteiger partial charge in [0.25, 0.3) is 5.91 Å². The molecule has 0 fully saturated rings. The molecule has 9 heteroatoms. The Labute approximate surface area is 157 Å². The van der Waals surface area contributed by atoms with Gasteiger partial charge < -0.3 is 9.73 Å². The average Bonchev–Trinajstić information content (AvgIpc) is 3.49. The summed E-state index contributed by atoms with van der Waals surface area (Å²) in [6.07, 6.45) is 1.46. The molecule has 136 valence electrons. The molecule has 3 heterocycles. The summed E-state index contributed by atoms with van der Waals surface area (Å²) >= 11 is 0. The van der Waals surface area contributed by atoms with Gasteiger partial charge in [-0.1, -0.05) is 17.3 Å². The second-order valence-electron chi connectivity index (χ2n) is 6.13. The van der Waals surface area contributed by atoms with Gasteiger partial charge in [0, 0.05) is 16.6 Å². The summed E-state index contributed by atoms with van der Waals surface area (Å²) in [4.78, 5) is 12.2. The maximum Gasteiger partial charge on any atom is 0.329 e. The van der Waals surface area contributed by atoms with E-state index in [1.807, 2.05) is 42.5 Å². The third kappa shape index (κ3) is 2.80. The number of aromatic nitrogens is 6. The molecule has 0 atom stereocenters. The number of nitrogens with zero attached hydrogens (tertiary/aromatic N) is 3. The molecule has 28 heavy (non-hydrogen) atoms. The van der Waals surface area contributed by atoms with Gasteiger partial charge in [-0.3, -0.25) is 9.89 Å². The van der Waals surface area contributed by atoms with Crippen LogP contribution in [0.3, 0.4) is 0 Å². The lowest BCUT2D eigenvalue weighted by atomic mass is 10.0. The normalized spacial score (nSPS) is 11.0. The summed E-state index contributed by atoms with van der Waals surface area (Å²) in [6, 6.07) is 16.6. The number of carbonyl (C=O) groups excluding carboxylic acids is 1. The van der Waals surface area contributed by atoms with E-state index in [-0.39, 0.29) is 11.7 Å². The Morgan fingerprint density at radius 3 is 2.86 bits per heavy atom. The predicted molar refractivity (Wildman–Crippen MR) is 100 cm³/mol. The molecule has 2 aromatic carbocycles. The number of aromatic amines is 3. The molecule has 0 aliphatic rings. The quantitative estimate of drug-likeness (QED) is 0.447. The van der Waals surface area contributed by atoms with Crippen LogP contribution >= 0.6 is 0 Å². The molecule has 5 aromatic rings. The van der Waals surface area contributed by atoms with E-state index in [0.29, 0.717) is 11.5 Å². The van der Waals surface area contributed by atoms with E-state index in [1.165, 1.54) is 6.26 Å². The summed E-state index contributed by atoms with van der Waals surface area (Å²) < 4.78 is 5.13. The minimum Gasteiger partial charge on any atom is -0.459 e. The van der Waals surface area contributed by atoms with Crippen molar-refractivity contribution in [3.8, 4) is 22.6 Å². The number of tetrazole rings is 1. The number of carbonyl (C=O) groups is 1. The third-order valence-corrected chi connectivity index (χ3v) is 4.35. The Kier molecular flexibility index (Phi) is 3.68. The highest BCUT2D eigenvalue weighted by Crippen LogP contribution is 2.30. The van der Waals surface area contributed by atoms with E-state index in [1.54, 1.807) is 12.1 Å². The number of rotatable bonds is 4. The molecule has 0 aliphatic heterocycles. The van der Waals surface area contributed by atoms with Crippen molar-refractivity contribution in [3.05, 3.63) is 66.6 Å². The zero-order valence-electron chi connectivity index (χ0n) is 14.4. The first-order valence-electron chi connectivity index (χ1n) is 8.50. The smallest absolute Gasteiger partial charge is 0.329 e. The summed E-state index contributed by atoms with van der Waals surface area (Å²) in [5.74, 6) is 0.579. The van der Waals surface area contributed by atoms with Gasteiger partial charge in [0.1, 0.15) is 5.10 Å². The zero-order valence-corrected chi connectivity index (χ0v) is 14.4. The number of fused-ring (bicyclic) bond motifs is 1. The second kappa shape index (κ2) is 6.47. The minimum absolute atomic E-state index is 0.254. The highest BCUT2D eigenvalue weighted by Gasteiger charge is 2.15. The maximum atomic E-state index is 12.2. The van der Waals surface area contributed by atoms with Crippen molar-refractivity contribution in [2.24, 2.45) is 0 Å². The predicted octanol–water partition coefficient (Wildman–Crippen LogP) is 2.67. The summed E-state index contributed by atoms with van der Waals surface area (Å²) in [7, 11) is 0. The van der Waals surface area contributed by atoms with E-state index >= 15 is 0 Å². The van der Waals surface area contributed by atoms with Gasteiger partial charge in [-0.15, -0.1) is 0 Å². The molecule has 0 saturated carbocycles. The number of amides is 1. The molecular formula is C19H14N7O2+. The maximum absolute atomic E-state index is 12.2. The molecule has 1 amide bonds. The van der Waals surface area contributed by atoms with Crippen molar-refractivity contribution in [2.75, 3.05) is 5.32 Å². The molecular weight excluding hydrogens is 358 g/mol. The van der Waals surface area contributed by atoms with Crippen LogP contribution in [0.4, 0.5) is 5.69 Å². The Morgan fingerprint density at radius 2 is 2.04 bits per heavy atom.